The molecule has 3 rings (SSSR count). The zero-order valence-electron chi connectivity index (χ0n) is 13.6. The molecule has 0 bridgehead atoms. The van der Waals surface area contributed by atoms with Gasteiger partial charge in [0.25, 0.3) is 5.91 Å². The predicted octanol–water partition coefficient (Wildman–Crippen LogP) is 5.19. The van der Waals surface area contributed by atoms with Crippen molar-refractivity contribution in [3.8, 4) is 11.3 Å². The van der Waals surface area contributed by atoms with Crippen LogP contribution in [0.4, 0.5) is 0 Å². The predicted molar refractivity (Wildman–Crippen MR) is 105 cm³/mol. The van der Waals surface area contributed by atoms with Crippen LogP contribution in [-0.4, -0.2) is 21.8 Å². The van der Waals surface area contributed by atoms with Crippen LogP contribution in [0.15, 0.2) is 53.6 Å². The number of benzene rings is 2. The molecule has 2 aromatic carbocycles. The van der Waals surface area contributed by atoms with E-state index in [1.807, 2.05) is 18.2 Å². The second-order valence-corrected chi connectivity index (χ2v) is 6.66. The summed E-state index contributed by atoms with van der Waals surface area (Å²) >= 11 is 18.2. The monoisotopic (exact) mass is 406 g/mol. The van der Waals surface area contributed by atoms with Gasteiger partial charge in [-0.05, 0) is 31.2 Å². The summed E-state index contributed by atoms with van der Waals surface area (Å²) < 4.78 is 0. The highest BCUT2D eigenvalue weighted by molar-refractivity contribution is 6.37. The summed E-state index contributed by atoms with van der Waals surface area (Å²) in [4.78, 5) is 12.3. The van der Waals surface area contributed by atoms with E-state index >= 15 is 0 Å². The molecule has 0 spiro atoms. The van der Waals surface area contributed by atoms with Crippen molar-refractivity contribution in [3.63, 3.8) is 0 Å². The van der Waals surface area contributed by atoms with Crippen LogP contribution in [-0.2, 0) is 0 Å². The third kappa shape index (κ3) is 4.07. The van der Waals surface area contributed by atoms with Crippen molar-refractivity contribution >= 4 is 46.4 Å². The van der Waals surface area contributed by atoms with Gasteiger partial charge in [-0.1, -0.05) is 59.1 Å². The molecule has 5 nitrogen and oxygen atoms in total. The Morgan fingerprint density at radius 2 is 1.85 bits per heavy atom. The molecule has 0 atom stereocenters. The fraction of sp³-hybridized carbons (Fsp3) is 0.0556. The minimum atomic E-state index is -0.430. The SMILES string of the molecule is C/C(=N\NC(=O)c1cc(-c2ccccc2Cl)n[nH]1)c1ccc(Cl)cc1Cl. The van der Waals surface area contributed by atoms with Gasteiger partial charge in [-0.3, -0.25) is 9.89 Å². The van der Waals surface area contributed by atoms with Gasteiger partial charge in [0.2, 0.25) is 0 Å². The van der Waals surface area contributed by atoms with Gasteiger partial charge in [0.15, 0.2) is 0 Å². The number of nitrogens with zero attached hydrogens (tertiary/aromatic N) is 2. The normalized spacial score (nSPS) is 11.5. The first-order chi connectivity index (χ1) is 12.5. The Kier molecular flexibility index (Phi) is 5.61. The summed E-state index contributed by atoms with van der Waals surface area (Å²) in [6.45, 7) is 1.73. The van der Waals surface area contributed by atoms with Crippen LogP contribution in [0.1, 0.15) is 23.0 Å². The highest BCUT2D eigenvalue weighted by atomic mass is 35.5. The number of nitrogens with one attached hydrogen (secondary N) is 2. The minimum Gasteiger partial charge on any atom is -0.272 e. The molecule has 0 aliphatic rings. The molecular formula is C18H13Cl3N4O. The van der Waals surface area contributed by atoms with Crippen LogP contribution in [0.3, 0.4) is 0 Å². The van der Waals surface area contributed by atoms with E-state index in [0.29, 0.717) is 32.0 Å². The molecule has 8 heteroatoms. The number of hydrazone groups is 1. The molecule has 26 heavy (non-hydrogen) atoms. The molecule has 1 amide bonds. The Bertz CT molecular complexity index is 998. The number of H-pyrrole nitrogens is 1. The van der Waals surface area contributed by atoms with Crippen LogP contribution in [0.2, 0.25) is 15.1 Å². The van der Waals surface area contributed by atoms with Crippen molar-refractivity contribution in [2.75, 3.05) is 0 Å². The van der Waals surface area contributed by atoms with E-state index in [9.17, 15) is 4.79 Å². The summed E-state index contributed by atoms with van der Waals surface area (Å²) in [5.74, 6) is -0.430. The molecule has 0 unspecified atom stereocenters. The van der Waals surface area contributed by atoms with E-state index in [1.165, 1.54) is 0 Å². The third-order valence-electron chi connectivity index (χ3n) is 3.62. The maximum Gasteiger partial charge on any atom is 0.289 e. The van der Waals surface area contributed by atoms with E-state index in [2.05, 4.69) is 20.7 Å². The molecule has 132 valence electrons. The first-order valence-corrected chi connectivity index (χ1v) is 8.69. The number of hydrogen-bond donors (Lipinski definition) is 2. The van der Waals surface area contributed by atoms with Gasteiger partial charge in [-0.15, -0.1) is 0 Å². The second-order valence-electron chi connectivity index (χ2n) is 5.41. The lowest BCUT2D eigenvalue weighted by Crippen LogP contribution is -2.19. The zero-order valence-corrected chi connectivity index (χ0v) is 15.8. The van der Waals surface area contributed by atoms with Crippen LogP contribution in [0.25, 0.3) is 11.3 Å². The van der Waals surface area contributed by atoms with Gasteiger partial charge in [0, 0.05) is 16.1 Å². The molecule has 0 fully saturated rings. The van der Waals surface area contributed by atoms with E-state index in [1.54, 1.807) is 37.3 Å². The number of halogens is 3. The summed E-state index contributed by atoms with van der Waals surface area (Å²) in [5.41, 5.74) is 5.26. The second kappa shape index (κ2) is 7.91. The molecule has 0 saturated carbocycles. The quantitative estimate of drug-likeness (QED) is 0.461. The van der Waals surface area contributed by atoms with Gasteiger partial charge in [-0.25, -0.2) is 5.43 Å². The number of aromatic amines is 1. The lowest BCUT2D eigenvalue weighted by molar-refractivity contribution is 0.0950. The number of carbonyl (C=O) groups excluding carboxylic acids is 1. The van der Waals surface area contributed by atoms with Crippen molar-refractivity contribution in [1.82, 2.24) is 15.6 Å². The smallest absolute Gasteiger partial charge is 0.272 e. The highest BCUT2D eigenvalue weighted by Crippen LogP contribution is 2.26. The first kappa shape index (κ1) is 18.5. The van der Waals surface area contributed by atoms with Crippen molar-refractivity contribution in [2.45, 2.75) is 6.92 Å². The minimum absolute atomic E-state index is 0.263. The van der Waals surface area contributed by atoms with Crippen molar-refractivity contribution in [3.05, 3.63) is 74.9 Å². The Hall–Kier alpha value is -2.34. The maximum absolute atomic E-state index is 12.3. The molecule has 2 N–H and O–H groups in total. The van der Waals surface area contributed by atoms with Crippen molar-refractivity contribution < 1.29 is 4.79 Å². The molecular weight excluding hydrogens is 395 g/mol. The Labute approximate surface area is 165 Å². The first-order valence-electron chi connectivity index (χ1n) is 7.56. The van der Waals surface area contributed by atoms with Gasteiger partial charge >= 0.3 is 0 Å². The number of carbonyl (C=O) groups is 1. The van der Waals surface area contributed by atoms with Gasteiger partial charge in [-0.2, -0.15) is 10.2 Å². The topological polar surface area (TPSA) is 70.1 Å². The Morgan fingerprint density at radius 1 is 1.08 bits per heavy atom. The summed E-state index contributed by atoms with van der Waals surface area (Å²) in [6.07, 6.45) is 0. The summed E-state index contributed by atoms with van der Waals surface area (Å²) in [5, 5.41) is 12.4. The van der Waals surface area contributed by atoms with Crippen molar-refractivity contribution in [1.29, 1.82) is 0 Å². The number of amides is 1. The van der Waals surface area contributed by atoms with Gasteiger partial charge < -0.3 is 0 Å². The average Bonchev–Trinajstić information content (AvgIpc) is 3.09. The van der Waals surface area contributed by atoms with E-state index < -0.39 is 5.91 Å². The standard InChI is InChI=1S/C18H13Cl3N4O/c1-10(12-7-6-11(19)8-15(12)21)22-25-18(26)17-9-16(23-24-17)13-4-2-3-5-14(13)20/h2-9H,1H3,(H,23,24)(H,25,26)/b22-10+. The third-order valence-corrected chi connectivity index (χ3v) is 4.50. The zero-order chi connectivity index (χ0) is 18.7. The summed E-state index contributed by atoms with van der Waals surface area (Å²) in [6, 6.07) is 13.9. The summed E-state index contributed by atoms with van der Waals surface area (Å²) in [7, 11) is 0. The van der Waals surface area contributed by atoms with E-state index in [-0.39, 0.29) is 5.69 Å². The van der Waals surface area contributed by atoms with E-state index in [4.69, 9.17) is 34.8 Å². The van der Waals surface area contributed by atoms with Crippen molar-refractivity contribution in [2.24, 2.45) is 5.10 Å². The number of hydrogen-bond acceptors (Lipinski definition) is 3. The van der Waals surface area contributed by atoms with Gasteiger partial charge in [0.05, 0.1) is 21.5 Å². The Morgan fingerprint density at radius 3 is 2.58 bits per heavy atom. The molecule has 1 aromatic heterocycles. The lowest BCUT2D eigenvalue weighted by Gasteiger charge is -2.04. The molecule has 1 heterocycles. The van der Waals surface area contributed by atoms with Crippen LogP contribution < -0.4 is 5.43 Å². The fourth-order valence-electron chi connectivity index (χ4n) is 2.28. The van der Waals surface area contributed by atoms with Gasteiger partial charge in [0.1, 0.15) is 5.69 Å². The Balaban J connectivity index is 1.75. The van der Waals surface area contributed by atoms with Crippen LogP contribution >= 0.6 is 34.8 Å². The van der Waals surface area contributed by atoms with E-state index in [0.717, 1.165) is 5.56 Å². The van der Waals surface area contributed by atoms with Crippen LogP contribution in [0, 0.1) is 0 Å². The number of aromatic nitrogens is 2. The highest BCUT2D eigenvalue weighted by Gasteiger charge is 2.13. The number of rotatable bonds is 4. The fourth-order valence-corrected chi connectivity index (χ4v) is 3.06. The molecule has 0 aliphatic heterocycles. The lowest BCUT2D eigenvalue weighted by atomic mass is 10.1. The maximum atomic E-state index is 12.3. The largest absolute Gasteiger partial charge is 0.289 e. The average molecular weight is 408 g/mol. The van der Waals surface area contributed by atoms with Crippen LogP contribution in [0.5, 0.6) is 0 Å². The molecule has 0 radical (unpaired) electrons. The molecule has 3 aromatic rings. The molecule has 0 saturated heterocycles. The molecule has 0 aliphatic carbocycles.